The molecule has 75 heavy (non-hydrogen) atoms. The average Bonchev–Trinajstić information content (AvgIpc) is 3.37. The summed E-state index contributed by atoms with van der Waals surface area (Å²) in [6.45, 7) is 6.84. The van der Waals surface area contributed by atoms with E-state index in [1.807, 2.05) is 33.3 Å². The standard InChI is InChI=1S/C65H123N2O7P/c1-7-10-13-16-19-22-25-28-30-32-33-35-36-39-42-45-48-51-54-57-64(68)66-62(61-73-75(70,71)72-60-59-67(4,5)6)63(56-53-50-47-44-41-38-27-24-21-18-15-12-9-3)74-65(69)58-55-52-49-46-43-40-37-34-31-29-26-23-20-17-14-11-8-2/h19,22,28-31,53,56,62-63H,7-18,20-21,23-27,32-52,54-55,57-61H2,1-6H3,(H-,66,68,70,71)/b22-19-,30-28-,31-29+,56-53+. The van der Waals surface area contributed by atoms with Crippen LogP contribution in [0.25, 0.3) is 0 Å². The molecule has 0 radical (unpaired) electrons. The minimum Gasteiger partial charge on any atom is -0.756 e. The van der Waals surface area contributed by atoms with E-state index >= 15 is 0 Å². The van der Waals surface area contributed by atoms with Crippen LogP contribution in [0.5, 0.6) is 0 Å². The Hall–Kier alpha value is -2.03. The van der Waals surface area contributed by atoms with Crippen molar-refractivity contribution in [1.82, 2.24) is 5.32 Å². The van der Waals surface area contributed by atoms with Crippen LogP contribution >= 0.6 is 7.82 Å². The number of carbonyl (C=O) groups is 2. The predicted octanol–water partition coefficient (Wildman–Crippen LogP) is 19.0. The Balaban J connectivity index is 5.26. The summed E-state index contributed by atoms with van der Waals surface area (Å²) in [7, 11) is 1.19. The van der Waals surface area contributed by atoms with Crippen LogP contribution in [0, 0.1) is 0 Å². The van der Waals surface area contributed by atoms with Gasteiger partial charge in [0.25, 0.3) is 7.82 Å². The van der Waals surface area contributed by atoms with Gasteiger partial charge in [0.15, 0.2) is 0 Å². The van der Waals surface area contributed by atoms with E-state index in [2.05, 4.69) is 62.5 Å². The summed E-state index contributed by atoms with van der Waals surface area (Å²) < 4.78 is 30.4. The van der Waals surface area contributed by atoms with Gasteiger partial charge in [0, 0.05) is 12.8 Å². The fourth-order valence-corrected chi connectivity index (χ4v) is 9.98. The second kappa shape index (κ2) is 55.3. The highest BCUT2D eigenvalue weighted by Gasteiger charge is 2.27. The van der Waals surface area contributed by atoms with Gasteiger partial charge in [-0.3, -0.25) is 14.2 Å². The van der Waals surface area contributed by atoms with Crippen LogP contribution in [0.4, 0.5) is 0 Å². The molecule has 9 nitrogen and oxygen atoms in total. The minimum atomic E-state index is -4.70. The second-order valence-corrected chi connectivity index (χ2v) is 24.3. The van der Waals surface area contributed by atoms with Gasteiger partial charge in [0.05, 0.1) is 33.8 Å². The smallest absolute Gasteiger partial charge is 0.306 e. The van der Waals surface area contributed by atoms with E-state index in [1.54, 1.807) is 0 Å². The van der Waals surface area contributed by atoms with E-state index < -0.39 is 20.0 Å². The van der Waals surface area contributed by atoms with E-state index in [9.17, 15) is 19.0 Å². The van der Waals surface area contributed by atoms with Crippen LogP contribution in [-0.2, 0) is 27.9 Å². The number of esters is 1. The van der Waals surface area contributed by atoms with Crippen LogP contribution in [0.15, 0.2) is 48.6 Å². The predicted molar refractivity (Wildman–Crippen MR) is 321 cm³/mol. The van der Waals surface area contributed by atoms with Crippen molar-refractivity contribution in [1.29, 1.82) is 0 Å². The first-order chi connectivity index (χ1) is 36.4. The minimum absolute atomic E-state index is 0.0234. The van der Waals surface area contributed by atoms with Crippen LogP contribution in [0.1, 0.15) is 303 Å². The topological polar surface area (TPSA) is 114 Å². The molecule has 0 aromatic heterocycles. The van der Waals surface area contributed by atoms with E-state index in [4.69, 9.17) is 13.8 Å². The van der Waals surface area contributed by atoms with Crippen LogP contribution in [0.3, 0.4) is 0 Å². The van der Waals surface area contributed by atoms with Gasteiger partial charge in [-0.2, -0.15) is 0 Å². The maximum atomic E-state index is 13.5. The Morgan fingerprint density at radius 2 is 0.813 bits per heavy atom. The normalized spacial score (nSPS) is 14.0. The van der Waals surface area contributed by atoms with E-state index in [-0.39, 0.29) is 31.5 Å². The Kier molecular flexibility index (Phi) is 53.8. The Labute approximate surface area is 465 Å². The number of hydrogen-bond donors (Lipinski definition) is 1. The zero-order valence-corrected chi connectivity index (χ0v) is 51.2. The monoisotopic (exact) mass is 1070 g/mol. The van der Waals surface area contributed by atoms with Crippen molar-refractivity contribution in [2.45, 2.75) is 315 Å². The zero-order valence-electron chi connectivity index (χ0n) is 50.3. The first-order valence-electron chi connectivity index (χ1n) is 31.9. The van der Waals surface area contributed by atoms with Crippen molar-refractivity contribution in [2.75, 3.05) is 40.9 Å². The number of nitrogens with zero attached hydrogens (tertiary/aromatic N) is 1. The number of likely N-dealkylation sites (N-methyl/N-ethyl adjacent to an activating group) is 1. The molecule has 1 N–H and O–H groups in total. The van der Waals surface area contributed by atoms with Gasteiger partial charge in [-0.25, -0.2) is 0 Å². The lowest BCUT2D eigenvalue weighted by molar-refractivity contribution is -0.870. The van der Waals surface area contributed by atoms with Crippen molar-refractivity contribution in [3.63, 3.8) is 0 Å². The van der Waals surface area contributed by atoms with Crippen molar-refractivity contribution >= 4 is 19.7 Å². The average molecular weight is 1080 g/mol. The molecule has 0 saturated carbocycles. The molecule has 3 unspecified atom stereocenters. The summed E-state index contributed by atoms with van der Waals surface area (Å²) >= 11 is 0. The maximum absolute atomic E-state index is 13.5. The molecule has 0 spiro atoms. The summed E-state index contributed by atoms with van der Waals surface area (Å²) in [5.41, 5.74) is 0. The zero-order chi connectivity index (χ0) is 55.0. The number of unbranched alkanes of at least 4 members (excludes halogenated alkanes) is 36. The van der Waals surface area contributed by atoms with Crippen LogP contribution in [-0.4, -0.2) is 69.4 Å². The molecule has 0 bridgehead atoms. The van der Waals surface area contributed by atoms with Gasteiger partial charge in [-0.05, 0) is 89.5 Å². The molecule has 3 atom stereocenters. The van der Waals surface area contributed by atoms with Crippen molar-refractivity contribution in [2.24, 2.45) is 0 Å². The van der Waals surface area contributed by atoms with Crippen molar-refractivity contribution in [3.05, 3.63) is 48.6 Å². The molecule has 0 fully saturated rings. The molecular weight excluding hydrogens is 952 g/mol. The summed E-state index contributed by atoms with van der Waals surface area (Å²) in [6.07, 6.45) is 67.8. The van der Waals surface area contributed by atoms with E-state index in [0.29, 0.717) is 17.4 Å². The molecule has 440 valence electrons. The first-order valence-corrected chi connectivity index (χ1v) is 33.4. The fraction of sp³-hybridized carbons (Fsp3) is 0.846. The number of ether oxygens (including phenoxy) is 1. The number of quaternary nitrogens is 1. The lowest BCUT2D eigenvalue weighted by Gasteiger charge is -2.30. The maximum Gasteiger partial charge on any atom is 0.306 e. The molecule has 1 amide bonds. The number of phosphoric ester groups is 1. The molecule has 0 aromatic carbocycles. The highest BCUT2D eigenvalue weighted by Crippen LogP contribution is 2.38. The third-order valence-corrected chi connectivity index (χ3v) is 15.2. The fourth-order valence-electron chi connectivity index (χ4n) is 9.25. The molecule has 0 rings (SSSR count). The van der Waals surface area contributed by atoms with E-state index in [0.717, 1.165) is 89.9 Å². The van der Waals surface area contributed by atoms with Gasteiger partial charge in [0.2, 0.25) is 5.91 Å². The summed E-state index contributed by atoms with van der Waals surface area (Å²) in [5, 5.41) is 3.03. The Morgan fingerprint density at radius 3 is 1.24 bits per heavy atom. The summed E-state index contributed by atoms with van der Waals surface area (Å²) in [5.74, 6) is -0.541. The molecule has 0 aromatic rings. The highest BCUT2D eigenvalue weighted by molar-refractivity contribution is 7.45. The number of rotatable bonds is 58. The van der Waals surface area contributed by atoms with Crippen LogP contribution in [0.2, 0.25) is 0 Å². The highest BCUT2D eigenvalue weighted by atomic mass is 31.2. The van der Waals surface area contributed by atoms with Crippen molar-refractivity contribution < 1.29 is 37.3 Å². The first kappa shape index (κ1) is 73.0. The summed E-state index contributed by atoms with van der Waals surface area (Å²) in [6, 6.07) is -0.891. The Morgan fingerprint density at radius 1 is 0.467 bits per heavy atom. The molecular formula is C65H123N2O7P. The van der Waals surface area contributed by atoms with E-state index in [1.165, 1.54) is 180 Å². The largest absolute Gasteiger partial charge is 0.756 e. The lowest BCUT2D eigenvalue weighted by atomic mass is 10.0. The third-order valence-electron chi connectivity index (χ3n) is 14.2. The summed E-state index contributed by atoms with van der Waals surface area (Å²) in [4.78, 5) is 40.0. The third kappa shape index (κ3) is 56.5. The number of allylic oxidation sites excluding steroid dienone is 7. The van der Waals surface area contributed by atoms with Gasteiger partial charge in [-0.1, -0.05) is 250 Å². The van der Waals surface area contributed by atoms with Gasteiger partial charge in [0.1, 0.15) is 19.3 Å². The second-order valence-electron chi connectivity index (χ2n) is 22.9. The SMILES string of the molecule is CCCCC/C=C\C/C=C\CCCCCCCCCCCC(=O)NC(COP(=O)([O-])OCC[N+](C)(C)C)C(/C=C/CCCCCCCCCCCCC)OC(=O)CCCCCCCCC/C=C/CCCCCCCC. The molecule has 0 heterocycles. The Bertz CT molecular complexity index is 1420. The van der Waals surface area contributed by atoms with Gasteiger partial charge < -0.3 is 28.5 Å². The molecule has 10 heteroatoms. The number of nitrogens with one attached hydrogen (secondary N) is 1. The van der Waals surface area contributed by atoms with Crippen molar-refractivity contribution in [3.8, 4) is 0 Å². The lowest BCUT2D eigenvalue weighted by Crippen LogP contribution is -2.47. The van der Waals surface area contributed by atoms with Gasteiger partial charge in [-0.15, -0.1) is 0 Å². The molecule has 0 aliphatic heterocycles. The molecule has 0 aliphatic rings. The quantitative estimate of drug-likeness (QED) is 0.0212. The number of amides is 1. The molecule has 0 aliphatic carbocycles. The number of phosphoric acid groups is 1. The van der Waals surface area contributed by atoms with Crippen LogP contribution < -0.4 is 10.2 Å². The number of hydrogen-bond acceptors (Lipinski definition) is 7. The number of carbonyl (C=O) groups excluding carboxylic acids is 2. The van der Waals surface area contributed by atoms with Gasteiger partial charge >= 0.3 is 5.97 Å². The molecule has 0 saturated heterocycles.